The van der Waals surface area contributed by atoms with E-state index < -0.39 is 12.7 Å². The van der Waals surface area contributed by atoms with Gasteiger partial charge in [0.25, 0.3) is 0 Å². The predicted molar refractivity (Wildman–Crippen MR) is 60.1 cm³/mol. The standard InChI is InChI=1S/C12H12F3N3/c1-8-4-5-17-11(10(8)6-16)18(9-2-3-9)7-12(13,14)15/h4-5,9H,2-3,7H2,1H3. The lowest BCUT2D eigenvalue weighted by atomic mass is 10.1. The third kappa shape index (κ3) is 2.73. The van der Waals surface area contributed by atoms with Crippen molar-refractivity contribution in [2.45, 2.75) is 32.0 Å². The zero-order chi connectivity index (χ0) is 13.3. The van der Waals surface area contributed by atoms with Crippen LogP contribution in [0.2, 0.25) is 0 Å². The number of rotatable bonds is 3. The molecular formula is C12H12F3N3. The van der Waals surface area contributed by atoms with Crippen molar-refractivity contribution in [3.8, 4) is 6.07 Å². The first-order valence-corrected chi connectivity index (χ1v) is 5.61. The normalized spacial score (nSPS) is 15.3. The summed E-state index contributed by atoms with van der Waals surface area (Å²) >= 11 is 0. The zero-order valence-electron chi connectivity index (χ0n) is 9.83. The Morgan fingerprint density at radius 3 is 2.67 bits per heavy atom. The molecule has 0 radical (unpaired) electrons. The van der Waals surface area contributed by atoms with E-state index >= 15 is 0 Å². The Kier molecular flexibility index (Phi) is 3.16. The number of aryl methyl sites for hydroxylation is 1. The summed E-state index contributed by atoms with van der Waals surface area (Å²) in [6.07, 6.45) is -1.41. The first-order chi connectivity index (χ1) is 8.42. The quantitative estimate of drug-likeness (QED) is 0.833. The van der Waals surface area contributed by atoms with Gasteiger partial charge in [0, 0.05) is 12.2 Å². The van der Waals surface area contributed by atoms with Gasteiger partial charge in [0.05, 0.1) is 5.56 Å². The fourth-order valence-electron chi connectivity index (χ4n) is 1.86. The molecule has 0 amide bonds. The molecule has 0 spiro atoms. The molecule has 0 unspecified atom stereocenters. The monoisotopic (exact) mass is 255 g/mol. The smallest absolute Gasteiger partial charge is 0.343 e. The number of nitrogens with zero attached hydrogens (tertiary/aromatic N) is 3. The number of aromatic nitrogens is 1. The second-order valence-corrected chi connectivity index (χ2v) is 4.41. The van der Waals surface area contributed by atoms with Gasteiger partial charge in [-0.2, -0.15) is 18.4 Å². The molecule has 0 atom stereocenters. The fraction of sp³-hybridized carbons (Fsp3) is 0.500. The minimum atomic E-state index is -4.29. The van der Waals surface area contributed by atoms with Crippen molar-refractivity contribution in [2.75, 3.05) is 11.4 Å². The average Bonchev–Trinajstić information content (AvgIpc) is 3.08. The van der Waals surface area contributed by atoms with Gasteiger partial charge in [-0.05, 0) is 31.4 Å². The van der Waals surface area contributed by atoms with E-state index in [-0.39, 0.29) is 17.4 Å². The Hall–Kier alpha value is -1.77. The van der Waals surface area contributed by atoms with Crippen LogP contribution in [0.4, 0.5) is 19.0 Å². The van der Waals surface area contributed by atoms with E-state index in [4.69, 9.17) is 5.26 Å². The van der Waals surface area contributed by atoms with Crippen LogP contribution in [0, 0.1) is 18.3 Å². The van der Waals surface area contributed by atoms with Crippen LogP contribution in [0.25, 0.3) is 0 Å². The van der Waals surface area contributed by atoms with E-state index in [1.807, 2.05) is 6.07 Å². The van der Waals surface area contributed by atoms with Gasteiger partial charge < -0.3 is 4.90 Å². The maximum atomic E-state index is 12.6. The van der Waals surface area contributed by atoms with Crippen LogP contribution in [0.5, 0.6) is 0 Å². The number of alkyl halides is 3. The summed E-state index contributed by atoms with van der Waals surface area (Å²) in [7, 11) is 0. The van der Waals surface area contributed by atoms with E-state index in [0.29, 0.717) is 5.56 Å². The van der Waals surface area contributed by atoms with Gasteiger partial charge >= 0.3 is 6.18 Å². The Morgan fingerprint density at radius 2 is 2.17 bits per heavy atom. The highest BCUT2D eigenvalue weighted by atomic mass is 19.4. The lowest BCUT2D eigenvalue weighted by Gasteiger charge is -2.25. The molecule has 0 bridgehead atoms. The van der Waals surface area contributed by atoms with Gasteiger partial charge in [0.2, 0.25) is 0 Å². The Labute approximate surface area is 103 Å². The molecule has 3 nitrogen and oxygen atoms in total. The van der Waals surface area contributed by atoms with Crippen molar-refractivity contribution < 1.29 is 13.2 Å². The van der Waals surface area contributed by atoms with Crippen LogP contribution in [0.3, 0.4) is 0 Å². The molecule has 1 heterocycles. The average molecular weight is 255 g/mol. The second-order valence-electron chi connectivity index (χ2n) is 4.41. The van der Waals surface area contributed by atoms with Crippen LogP contribution >= 0.6 is 0 Å². The van der Waals surface area contributed by atoms with E-state index in [9.17, 15) is 13.2 Å². The van der Waals surface area contributed by atoms with Crippen molar-refractivity contribution in [3.05, 3.63) is 23.4 Å². The fourth-order valence-corrected chi connectivity index (χ4v) is 1.86. The van der Waals surface area contributed by atoms with Gasteiger partial charge in [0.15, 0.2) is 0 Å². The SMILES string of the molecule is Cc1ccnc(N(CC(F)(F)F)C2CC2)c1C#N. The molecule has 2 rings (SSSR count). The number of hydrogen-bond acceptors (Lipinski definition) is 3. The maximum absolute atomic E-state index is 12.6. The number of hydrogen-bond donors (Lipinski definition) is 0. The summed E-state index contributed by atoms with van der Waals surface area (Å²) in [5.41, 5.74) is 0.879. The highest BCUT2D eigenvalue weighted by Gasteiger charge is 2.39. The molecule has 0 saturated heterocycles. The summed E-state index contributed by atoms with van der Waals surface area (Å²) < 4.78 is 37.7. The predicted octanol–water partition coefficient (Wildman–Crippen LogP) is 2.79. The van der Waals surface area contributed by atoms with Crippen LogP contribution in [-0.2, 0) is 0 Å². The minimum Gasteiger partial charge on any atom is -0.343 e. The third-order valence-corrected chi connectivity index (χ3v) is 2.86. The molecule has 1 aliphatic rings. The van der Waals surface area contributed by atoms with Gasteiger partial charge in [0.1, 0.15) is 18.4 Å². The van der Waals surface area contributed by atoms with E-state index in [2.05, 4.69) is 4.98 Å². The number of anilines is 1. The van der Waals surface area contributed by atoms with Crippen molar-refractivity contribution in [2.24, 2.45) is 0 Å². The Morgan fingerprint density at radius 1 is 1.50 bits per heavy atom. The molecule has 96 valence electrons. The van der Waals surface area contributed by atoms with Gasteiger partial charge in [-0.1, -0.05) is 0 Å². The molecule has 1 fully saturated rings. The molecule has 0 aromatic carbocycles. The molecule has 18 heavy (non-hydrogen) atoms. The summed E-state index contributed by atoms with van der Waals surface area (Å²) in [6.45, 7) is 0.644. The Balaban J connectivity index is 2.37. The first kappa shape index (κ1) is 12.7. The largest absolute Gasteiger partial charge is 0.405 e. The highest BCUT2D eigenvalue weighted by molar-refractivity contribution is 5.58. The molecule has 1 aliphatic carbocycles. The summed E-state index contributed by atoms with van der Waals surface area (Å²) in [4.78, 5) is 5.16. The van der Waals surface area contributed by atoms with E-state index in [1.54, 1.807) is 13.0 Å². The molecular weight excluding hydrogens is 243 g/mol. The third-order valence-electron chi connectivity index (χ3n) is 2.86. The lowest BCUT2D eigenvalue weighted by molar-refractivity contribution is -0.120. The molecule has 1 aromatic heterocycles. The molecule has 0 N–H and O–H groups in total. The zero-order valence-corrected chi connectivity index (χ0v) is 9.83. The number of halogens is 3. The van der Waals surface area contributed by atoms with Crippen LogP contribution in [0.15, 0.2) is 12.3 Å². The van der Waals surface area contributed by atoms with Crippen molar-refractivity contribution >= 4 is 5.82 Å². The Bertz CT molecular complexity index is 486. The number of pyridine rings is 1. The molecule has 6 heteroatoms. The van der Waals surface area contributed by atoms with Crippen LogP contribution in [0.1, 0.15) is 24.0 Å². The molecule has 1 aromatic rings. The second kappa shape index (κ2) is 4.48. The lowest BCUT2D eigenvalue weighted by Crippen LogP contribution is -2.37. The summed E-state index contributed by atoms with van der Waals surface area (Å²) in [6, 6.07) is 3.42. The first-order valence-electron chi connectivity index (χ1n) is 5.61. The van der Waals surface area contributed by atoms with Crippen molar-refractivity contribution in [1.82, 2.24) is 4.98 Å². The number of nitriles is 1. The van der Waals surface area contributed by atoms with Crippen LogP contribution < -0.4 is 4.90 Å². The molecule has 1 saturated carbocycles. The van der Waals surface area contributed by atoms with E-state index in [1.165, 1.54) is 11.1 Å². The maximum Gasteiger partial charge on any atom is 0.405 e. The van der Waals surface area contributed by atoms with E-state index in [0.717, 1.165) is 12.8 Å². The van der Waals surface area contributed by atoms with Gasteiger partial charge in [-0.3, -0.25) is 0 Å². The topological polar surface area (TPSA) is 39.9 Å². The summed E-state index contributed by atoms with van der Waals surface area (Å²) in [5.74, 6) is 0.150. The molecule has 0 aliphatic heterocycles. The minimum absolute atomic E-state index is 0.145. The van der Waals surface area contributed by atoms with Gasteiger partial charge in [-0.25, -0.2) is 4.98 Å². The highest BCUT2D eigenvalue weighted by Crippen LogP contribution is 2.35. The van der Waals surface area contributed by atoms with Crippen molar-refractivity contribution in [1.29, 1.82) is 5.26 Å². The van der Waals surface area contributed by atoms with Crippen molar-refractivity contribution in [3.63, 3.8) is 0 Å². The summed E-state index contributed by atoms with van der Waals surface area (Å²) in [5, 5.41) is 9.05. The van der Waals surface area contributed by atoms with Gasteiger partial charge in [-0.15, -0.1) is 0 Å². The van der Waals surface area contributed by atoms with Crippen LogP contribution in [-0.4, -0.2) is 23.7 Å².